The number of phenolic OH excluding ortho intramolecular Hbond substituents is 1. The zero-order chi connectivity index (χ0) is 13.8. The van der Waals surface area contributed by atoms with Crippen molar-refractivity contribution in [2.75, 3.05) is 5.73 Å². The normalized spacial score (nSPS) is 23.6. The Labute approximate surface area is 114 Å². The summed E-state index contributed by atoms with van der Waals surface area (Å²) in [7, 11) is 0. The second-order valence-electron chi connectivity index (χ2n) is 5.44. The van der Waals surface area contributed by atoms with E-state index in [4.69, 9.17) is 5.73 Å². The summed E-state index contributed by atoms with van der Waals surface area (Å²) in [6.45, 7) is 2.18. The number of nitrogen functional groups attached to an aromatic ring is 1. The fourth-order valence-corrected chi connectivity index (χ4v) is 2.70. The molecule has 1 saturated carbocycles. The Balaban J connectivity index is 2.09. The zero-order valence-corrected chi connectivity index (χ0v) is 11.4. The van der Waals surface area contributed by atoms with Crippen LogP contribution in [-0.2, 0) is 0 Å². The summed E-state index contributed by atoms with van der Waals surface area (Å²) in [4.78, 5) is 12.2. The van der Waals surface area contributed by atoms with E-state index in [1.807, 2.05) is 0 Å². The van der Waals surface area contributed by atoms with Crippen LogP contribution < -0.4 is 11.1 Å². The molecule has 2 rings (SSSR count). The van der Waals surface area contributed by atoms with E-state index < -0.39 is 0 Å². The lowest BCUT2D eigenvalue weighted by molar-refractivity contribution is 0.0919. The predicted octanol–water partition coefficient (Wildman–Crippen LogP) is 2.67. The maximum absolute atomic E-state index is 12.2. The second-order valence-corrected chi connectivity index (χ2v) is 5.44. The van der Waals surface area contributed by atoms with Gasteiger partial charge in [0, 0.05) is 6.04 Å². The number of carbonyl (C=O) groups is 1. The second kappa shape index (κ2) is 5.95. The van der Waals surface area contributed by atoms with Gasteiger partial charge in [-0.15, -0.1) is 0 Å². The lowest BCUT2D eigenvalue weighted by Crippen LogP contribution is -2.38. The van der Waals surface area contributed by atoms with E-state index in [1.54, 1.807) is 18.2 Å². The summed E-state index contributed by atoms with van der Waals surface area (Å²) in [6.07, 6.45) is 5.78. The largest absolute Gasteiger partial charge is 0.505 e. The Bertz CT molecular complexity index is 459. The SMILES string of the molecule is CC1CCCCCC1NC(=O)c1cccc(N)c1O. The van der Waals surface area contributed by atoms with Crippen molar-refractivity contribution in [2.24, 2.45) is 5.92 Å². The average molecular weight is 262 g/mol. The van der Waals surface area contributed by atoms with Crippen molar-refractivity contribution >= 4 is 11.6 Å². The van der Waals surface area contributed by atoms with Gasteiger partial charge in [-0.25, -0.2) is 0 Å². The van der Waals surface area contributed by atoms with E-state index in [0.717, 1.165) is 19.3 Å². The van der Waals surface area contributed by atoms with Crippen molar-refractivity contribution in [3.8, 4) is 5.75 Å². The van der Waals surface area contributed by atoms with Gasteiger partial charge in [0.2, 0.25) is 0 Å². The highest BCUT2D eigenvalue weighted by Crippen LogP contribution is 2.26. The topological polar surface area (TPSA) is 75.4 Å². The van der Waals surface area contributed by atoms with Crippen LogP contribution in [0.1, 0.15) is 49.4 Å². The predicted molar refractivity (Wildman–Crippen MR) is 76.0 cm³/mol. The highest BCUT2D eigenvalue weighted by molar-refractivity contribution is 5.98. The van der Waals surface area contributed by atoms with Crippen LogP contribution in [0, 0.1) is 5.92 Å². The first-order valence-corrected chi connectivity index (χ1v) is 6.98. The number of hydrogen-bond donors (Lipinski definition) is 3. The number of hydrogen-bond acceptors (Lipinski definition) is 3. The molecule has 2 unspecified atom stereocenters. The fraction of sp³-hybridized carbons (Fsp3) is 0.533. The highest BCUT2D eigenvalue weighted by atomic mass is 16.3. The van der Waals surface area contributed by atoms with Gasteiger partial charge >= 0.3 is 0 Å². The molecule has 4 N–H and O–H groups in total. The number of benzene rings is 1. The molecule has 19 heavy (non-hydrogen) atoms. The standard InChI is InChI=1S/C15H22N2O2/c1-10-6-3-2-4-9-13(10)17-15(19)11-7-5-8-12(16)14(11)18/h5,7-8,10,13,18H,2-4,6,9,16H2,1H3,(H,17,19). The molecule has 1 aliphatic rings. The number of carbonyl (C=O) groups excluding carboxylic acids is 1. The molecule has 1 amide bonds. The summed E-state index contributed by atoms with van der Waals surface area (Å²) in [5.41, 5.74) is 6.11. The molecule has 0 spiro atoms. The van der Waals surface area contributed by atoms with Crippen LogP contribution in [0.3, 0.4) is 0 Å². The molecule has 104 valence electrons. The number of aromatic hydroxyl groups is 1. The number of nitrogens with two attached hydrogens (primary N) is 1. The summed E-state index contributed by atoms with van der Waals surface area (Å²) in [5.74, 6) is 0.125. The number of phenols is 1. The van der Waals surface area contributed by atoms with Crippen molar-refractivity contribution < 1.29 is 9.90 Å². The van der Waals surface area contributed by atoms with E-state index in [9.17, 15) is 9.90 Å². The molecule has 2 atom stereocenters. The van der Waals surface area contributed by atoms with Crippen molar-refractivity contribution in [1.82, 2.24) is 5.32 Å². The maximum Gasteiger partial charge on any atom is 0.255 e. The summed E-state index contributed by atoms with van der Waals surface area (Å²) >= 11 is 0. The third-order valence-corrected chi connectivity index (χ3v) is 3.99. The van der Waals surface area contributed by atoms with Crippen LogP contribution in [0.4, 0.5) is 5.69 Å². The first kappa shape index (κ1) is 13.7. The highest BCUT2D eigenvalue weighted by Gasteiger charge is 2.23. The Hall–Kier alpha value is -1.71. The number of amides is 1. The minimum Gasteiger partial charge on any atom is -0.505 e. The van der Waals surface area contributed by atoms with E-state index >= 15 is 0 Å². The van der Waals surface area contributed by atoms with Crippen LogP contribution in [0.2, 0.25) is 0 Å². The van der Waals surface area contributed by atoms with Gasteiger partial charge in [-0.2, -0.15) is 0 Å². The van der Waals surface area contributed by atoms with Crippen LogP contribution in [0.25, 0.3) is 0 Å². The smallest absolute Gasteiger partial charge is 0.255 e. The average Bonchev–Trinajstić information content (AvgIpc) is 2.58. The molecule has 0 aliphatic heterocycles. The van der Waals surface area contributed by atoms with Crippen LogP contribution in [0.15, 0.2) is 18.2 Å². The lowest BCUT2D eigenvalue weighted by Gasteiger charge is -2.23. The van der Waals surface area contributed by atoms with E-state index in [-0.39, 0.29) is 28.9 Å². The summed E-state index contributed by atoms with van der Waals surface area (Å²) in [5, 5.41) is 12.9. The van der Waals surface area contributed by atoms with Crippen molar-refractivity contribution in [2.45, 2.75) is 45.1 Å². The minimum absolute atomic E-state index is 0.124. The van der Waals surface area contributed by atoms with Gasteiger partial charge in [0.25, 0.3) is 5.91 Å². The van der Waals surface area contributed by atoms with Crippen molar-refractivity contribution in [3.05, 3.63) is 23.8 Å². The molecule has 0 radical (unpaired) electrons. The Morgan fingerprint density at radius 1 is 1.32 bits per heavy atom. The lowest BCUT2D eigenvalue weighted by atomic mass is 9.96. The molecule has 0 heterocycles. The molecule has 1 aliphatic carbocycles. The first-order valence-electron chi connectivity index (χ1n) is 6.98. The molecular formula is C15H22N2O2. The van der Waals surface area contributed by atoms with Gasteiger partial charge in [0.1, 0.15) is 0 Å². The van der Waals surface area contributed by atoms with Crippen molar-refractivity contribution in [1.29, 1.82) is 0 Å². The molecule has 4 heteroatoms. The van der Waals surface area contributed by atoms with E-state index in [0.29, 0.717) is 5.92 Å². The van der Waals surface area contributed by atoms with E-state index in [2.05, 4.69) is 12.2 Å². The summed E-state index contributed by atoms with van der Waals surface area (Å²) in [6, 6.07) is 5.05. The number of anilines is 1. The molecule has 1 aromatic carbocycles. The molecule has 0 saturated heterocycles. The third-order valence-electron chi connectivity index (χ3n) is 3.99. The number of para-hydroxylation sites is 1. The Kier molecular flexibility index (Phi) is 4.30. The third kappa shape index (κ3) is 3.19. The van der Waals surface area contributed by atoms with Gasteiger partial charge in [-0.05, 0) is 30.9 Å². The van der Waals surface area contributed by atoms with Gasteiger partial charge in [0.15, 0.2) is 5.75 Å². The monoisotopic (exact) mass is 262 g/mol. The van der Waals surface area contributed by atoms with Gasteiger partial charge < -0.3 is 16.2 Å². The maximum atomic E-state index is 12.2. The zero-order valence-electron chi connectivity index (χ0n) is 11.4. The Morgan fingerprint density at radius 3 is 2.84 bits per heavy atom. The van der Waals surface area contributed by atoms with Crippen LogP contribution in [-0.4, -0.2) is 17.1 Å². The van der Waals surface area contributed by atoms with Gasteiger partial charge in [-0.1, -0.05) is 32.3 Å². The van der Waals surface area contributed by atoms with E-state index in [1.165, 1.54) is 12.8 Å². The van der Waals surface area contributed by atoms with Crippen LogP contribution >= 0.6 is 0 Å². The fourth-order valence-electron chi connectivity index (χ4n) is 2.70. The Morgan fingerprint density at radius 2 is 2.05 bits per heavy atom. The first-order chi connectivity index (χ1) is 9.09. The minimum atomic E-state index is -0.233. The van der Waals surface area contributed by atoms with Crippen LogP contribution in [0.5, 0.6) is 5.75 Å². The molecular weight excluding hydrogens is 240 g/mol. The number of rotatable bonds is 2. The van der Waals surface area contributed by atoms with Gasteiger partial charge in [-0.3, -0.25) is 4.79 Å². The number of nitrogens with one attached hydrogen (secondary N) is 1. The quantitative estimate of drug-likeness (QED) is 0.436. The molecule has 0 bridgehead atoms. The molecule has 0 aromatic heterocycles. The summed E-state index contributed by atoms with van der Waals surface area (Å²) < 4.78 is 0. The molecule has 1 fully saturated rings. The molecule has 4 nitrogen and oxygen atoms in total. The van der Waals surface area contributed by atoms with Crippen molar-refractivity contribution in [3.63, 3.8) is 0 Å². The van der Waals surface area contributed by atoms with Gasteiger partial charge in [0.05, 0.1) is 11.3 Å². The molecule has 1 aromatic rings.